The van der Waals surface area contributed by atoms with E-state index in [1.807, 2.05) is 30.3 Å². The molecule has 0 bridgehead atoms. The van der Waals surface area contributed by atoms with Gasteiger partial charge in [-0.25, -0.2) is 4.98 Å². The van der Waals surface area contributed by atoms with Gasteiger partial charge in [-0.15, -0.1) is 21.5 Å². The van der Waals surface area contributed by atoms with Crippen LogP contribution in [0.1, 0.15) is 23.9 Å². The summed E-state index contributed by atoms with van der Waals surface area (Å²) in [5, 5.41) is 13.4. The fourth-order valence-electron chi connectivity index (χ4n) is 3.07. The van der Waals surface area contributed by atoms with Crippen molar-refractivity contribution < 1.29 is 18.0 Å². The standard InChI is InChI=1S/C22H18F3N5OS2/c1-14(19(31)27-20-26-10-11-32-20)33-21-29-28-18(30(21)17-8-3-2-4-9-17)13-15-6-5-7-16(12-15)22(23,24)25/h2-12,14H,13H2,1H3,(H,26,27,31)/t14-/m0/s1. The van der Waals surface area contributed by atoms with Crippen molar-refractivity contribution in [3.8, 4) is 5.69 Å². The highest BCUT2D eigenvalue weighted by molar-refractivity contribution is 8.00. The second-order valence-corrected chi connectivity index (χ2v) is 9.23. The Hall–Kier alpha value is -3.18. The average Bonchev–Trinajstić information content (AvgIpc) is 3.44. The Morgan fingerprint density at radius 2 is 1.94 bits per heavy atom. The first-order valence-electron chi connectivity index (χ1n) is 9.84. The number of carbonyl (C=O) groups excluding carboxylic acids is 1. The summed E-state index contributed by atoms with van der Waals surface area (Å²) >= 11 is 2.53. The summed E-state index contributed by atoms with van der Waals surface area (Å²) in [4.78, 5) is 16.6. The van der Waals surface area contributed by atoms with Crippen molar-refractivity contribution in [1.82, 2.24) is 19.7 Å². The van der Waals surface area contributed by atoms with Gasteiger partial charge >= 0.3 is 6.18 Å². The van der Waals surface area contributed by atoms with Gasteiger partial charge in [-0.3, -0.25) is 9.36 Å². The number of aromatic nitrogens is 4. The van der Waals surface area contributed by atoms with Gasteiger partial charge in [-0.05, 0) is 30.7 Å². The summed E-state index contributed by atoms with van der Waals surface area (Å²) in [5.74, 6) is 0.229. The van der Waals surface area contributed by atoms with Gasteiger partial charge in [0.25, 0.3) is 0 Å². The van der Waals surface area contributed by atoms with Crippen molar-refractivity contribution in [2.45, 2.75) is 29.9 Å². The summed E-state index contributed by atoms with van der Waals surface area (Å²) < 4.78 is 41.2. The molecule has 2 heterocycles. The third-order valence-electron chi connectivity index (χ3n) is 4.65. The van der Waals surface area contributed by atoms with E-state index in [1.54, 1.807) is 29.1 Å². The first-order valence-corrected chi connectivity index (χ1v) is 11.6. The molecule has 2 aromatic carbocycles. The third kappa shape index (κ3) is 5.60. The zero-order valence-corrected chi connectivity index (χ0v) is 18.9. The summed E-state index contributed by atoms with van der Waals surface area (Å²) in [6.45, 7) is 1.74. The Morgan fingerprint density at radius 1 is 1.15 bits per heavy atom. The minimum atomic E-state index is -4.43. The molecule has 2 aromatic heterocycles. The van der Waals surface area contributed by atoms with Gasteiger partial charge in [0.2, 0.25) is 5.91 Å². The first-order chi connectivity index (χ1) is 15.8. The molecule has 0 saturated heterocycles. The summed E-state index contributed by atoms with van der Waals surface area (Å²) in [6, 6.07) is 14.4. The van der Waals surface area contributed by atoms with Gasteiger partial charge in [0.1, 0.15) is 5.82 Å². The molecule has 4 rings (SSSR count). The predicted octanol–water partition coefficient (Wildman–Crippen LogP) is 5.45. The summed E-state index contributed by atoms with van der Waals surface area (Å²) in [6.07, 6.45) is -2.68. The number of para-hydroxylation sites is 1. The van der Waals surface area contributed by atoms with E-state index in [1.165, 1.54) is 29.2 Å². The van der Waals surface area contributed by atoms with Crippen LogP contribution in [0, 0.1) is 0 Å². The maximum atomic E-state index is 13.1. The van der Waals surface area contributed by atoms with Gasteiger partial charge in [-0.2, -0.15) is 13.2 Å². The van der Waals surface area contributed by atoms with Gasteiger partial charge in [0, 0.05) is 23.7 Å². The zero-order chi connectivity index (χ0) is 23.4. The van der Waals surface area contributed by atoms with E-state index in [9.17, 15) is 18.0 Å². The molecule has 170 valence electrons. The predicted molar refractivity (Wildman–Crippen MR) is 122 cm³/mol. The molecule has 0 saturated carbocycles. The minimum Gasteiger partial charge on any atom is -0.301 e. The molecule has 0 aliphatic heterocycles. The summed E-state index contributed by atoms with van der Waals surface area (Å²) in [7, 11) is 0. The number of anilines is 1. The Balaban J connectivity index is 1.62. The van der Waals surface area contributed by atoms with E-state index >= 15 is 0 Å². The van der Waals surface area contributed by atoms with E-state index in [4.69, 9.17) is 0 Å². The molecular formula is C22H18F3N5OS2. The van der Waals surface area contributed by atoms with Gasteiger partial charge < -0.3 is 5.32 Å². The molecule has 6 nitrogen and oxygen atoms in total. The molecule has 1 amide bonds. The highest BCUT2D eigenvalue weighted by Crippen LogP contribution is 2.31. The molecule has 0 fully saturated rings. The molecule has 0 spiro atoms. The van der Waals surface area contributed by atoms with Crippen LogP contribution in [0.5, 0.6) is 0 Å². The average molecular weight is 490 g/mol. The molecule has 4 aromatic rings. The SMILES string of the molecule is C[C@H](Sc1nnc(Cc2cccc(C(F)(F)F)c2)n1-c1ccccc1)C(=O)Nc1nccs1. The number of alkyl halides is 3. The topological polar surface area (TPSA) is 72.7 Å². The number of amides is 1. The van der Waals surface area contributed by atoms with Crippen molar-refractivity contribution in [3.05, 3.63) is 83.1 Å². The van der Waals surface area contributed by atoms with Crippen LogP contribution in [-0.2, 0) is 17.4 Å². The number of nitrogens with zero attached hydrogens (tertiary/aromatic N) is 4. The highest BCUT2D eigenvalue weighted by Gasteiger charge is 2.30. The van der Waals surface area contributed by atoms with Crippen molar-refractivity contribution in [2.75, 3.05) is 5.32 Å². The normalized spacial score (nSPS) is 12.5. The number of hydrogen-bond acceptors (Lipinski definition) is 6. The minimum absolute atomic E-state index is 0.145. The lowest BCUT2D eigenvalue weighted by Crippen LogP contribution is -2.22. The Labute approximate surface area is 195 Å². The number of hydrogen-bond donors (Lipinski definition) is 1. The monoisotopic (exact) mass is 489 g/mol. The number of benzene rings is 2. The van der Waals surface area contributed by atoms with E-state index in [0.29, 0.717) is 21.7 Å². The fourth-order valence-corrected chi connectivity index (χ4v) is 4.49. The van der Waals surface area contributed by atoms with Gasteiger partial charge in [0.15, 0.2) is 10.3 Å². The van der Waals surface area contributed by atoms with E-state index in [0.717, 1.165) is 17.8 Å². The van der Waals surface area contributed by atoms with Crippen LogP contribution < -0.4 is 5.32 Å². The van der Waals surface area contributed by atoms with E-state index in [2.05, 4.69) is 20.5 Å². The fraction of sp³-hybridized carbons (Fsp3) is 0.182. The van der Waals surface area contributed by atoms with Crippen molar-refractivity contribution >= 4 is 34.1 Å². The number of thioether (sulfide) groups is 1. The van der Waals surface area contributed by atoms with Crippen LogP contribution in [0.2, 0.25) is 0 Å². The maximum Gasteiger partial charge on any atom is 0.416 e. The molecule has 0 aliphatic carbocycles. The molecule has 33 heavy (non-hydrogen) atoms. The second-order valence-electron chi connectivity index (χ2n) is 7.03. The van der Waals surface area contributed by atoms with Crippen molar-refractivity contribution in [1.29, 1.82) is 0 Å². The molecule has 1 N–H and O–H groups in total. The lowest BCUT2D eigenvalue weighted by atomic mass is 10.1. The Bertz CT molecular complexity index is 1230. The number of halogens is 3. The quantitative estimate of drug-likeness (QED) is 0.350. The molecule has 1 atom stereocenters. The Morgan fingerprint density at radius 3 is 2.64 bits per heavy atom. The second kappa shape index (κ2) is 9.75. The number of rotatable bonds is 7. The molecule has 0 radical (unpaired) electrons. The van der Waals surface area contributed by atoms with Gasteiger partial charge in [-0.1, -0.05) is 48.2 Å². The van der Waals surface area contributed by atoms with Crippen LogP contribution in [0.25, 0.3) is 5.69 Å². The number of thiazole rings is 1. The van der Waals surface area contributed by atoms with Crippen LogP contribution in [0.15, 0.2) is 71.3 Å². The van der Waals surface area contributed by atoms with Crippen molar-refractivity contribution in [2.24, 2.45) is 0 Å². The molecule has 0 aliphatic rings. The van der Waals surface area contributed by atoms with Crippen LogP contribution in [0.3, 0.4) is 0 Å². The van der Waals surface area contributed by atoms with Crippen molar-refractivity contribution in [3.63, 3.8) is 0 Å². The highest BCUT2D eigenvalue weighted by atomic mass is 32.2. The summed E-state index contributed by atoms with van der Waals surface area (Å²) in [5.41, 5.74) is 0.493. The van der Waals surface area contributed by atoms with Gasteiger partial charge in [0.05, 0.1) is 10.8 Å². The first kappa shape index (κ1) is 23.0. The number of carbonyl (C=O) groups is 1. The molecule has 11 heteroatoms. The van der Waals surface area contributed by atoms with E-state index in [-0.39, 0.29) is 12.3 Å². The smallest absolute Gasteiger partial charge is 0.301 e. The Kier molecular flexibility index (Phi) is 6.80. The lowest BCUT2D eigenvalue weighted by molar-refractivity contribution is -0.137. The maximum absolute atomic E-state index is 13.1. The van der Waals surface area contributed by atoms with Crippen LogP contribution in [-0.4, -0.2) is 30.9 Å². The van der Waals surface area contributed by atoms with Crippen LogP contribution >= 0.6 is 23.1 Å². The molecular weight excluding hydrogens is 471 g/mol. The third-order valence-corrected chi connectivity index (χ3v) is 6.38. The zero-order valence-electron chi connectivity index (χ0n) is 17.3. The largest absolute Gasteiger partial charge is 0.416 e. The lowest BCUT2D eigenvalue weighted by Gasteiger charge is -2.14. The number of nitrogens with one attached hydrogen (secondary N) is 1. The van der Waals surface area contributed by atoms with Crippen LogP contribution in [0.4, 0.5) is 18.3 Å². The van der Waals surface area contributed by atoms with E-state index < -0.39 is 17.0 Å². The molecule has 0 unspecified atom stereocenters.